The molecule has 0 bridgehead atoms. The van der Waals surface area contributed by atoms with Gasteiger partial charge in [0.15, 0.2) is 0 Å². The molecule has 39 heavy (non-hydrogen) atoms. The topological polar surface area (TPSA) is 99.6 Å². The van der Waals surface area contributed by atoms with E-state index in [1.54, 1.807) is 6.07 Å². The van der Waals surface area contributed by atoms with E-state index >= 15 is 0 Å². The zero-order valence-electron chi connectivity index (χ0n) is 23.4. The Labute approximate surface area is 232 Å². The number of rotatable bonds is 12. The molecule has 0 radical (unpaired) electrons. The number of piperazine rings is 2. The Kier molecular flexibility index (Phi) is 10.8. The smallest absolute Gasteiger partial charge is 0.252 e. The van der Waals surface area contributed by atoms with Crippen LogP contribution in [0.15, 0.2) is 35.1 Å². The quantitative estimate of drug-likeness (QED) is 0.415. The summed E-state index contributed by atoms with van der Waals surface area (Å²) in [5.41, 5.74) is 2.30. The van der Waals surface area contributed by atoms with Gasteiger partial charge in [0.1, 0.15) is 6.07 Å². The Hall–Kier alpha value is -3.38. The van der Waals surface area contributed by atoms with Crippen molar-refractivity contribution >= 4 is 17.5 Å². The molecule has 1 amide bonds. The van der Waals surface area contributed by atoms with Gasteiger partial charge >= 0.3 is 0 Å². The number of hydrogen-bond donors (Lipinski definition) is 1. The lowest BCUT2D eigenvalue weighted by Gasteiger charge is -2.36. The summed E-state index contributed by atoms with van der Waals surface area (Å²) < 4.78 is 0. The summed E-state index contributed by atoms with van der Waals surface area (Å²) in [5, 5.41) is 9.42. The van der Waals surface area contributed by atoms with Gasteiger partial charge in [-0.1, -0.05) is 57.6 Å². The van der Waals surface area contributed by atoms with Crippen molar-refractivity contribution in [3.63, 3.8) is 0 Å². The maximum atomic E-state index is 12.7. The zero-order valence-corrected chi connectivity index (χ0v) is 23.4. The highest BCUT2D eigenvalue weighted by Gasteiger charge is 2.24. The highest BCUT2D eigenvalue weighted by atomic mass is 16.2. The first-order valence-corrected chi connectivity index (χ1v) is 14.7. The number of amides is 1. The Morgan fingerprint density at radius 2 is 1.59 bits per heavy atom. The van der Waals surface area contributed by atoms with Gasteiger partial charge in [-0.25, -0.2) is 4.98 Å². The number of nitrogens with one attached hydrogen (secondary N) is 1. The van der Waals surface area contributed by atoms with E-state index in [4.69, 9.17) is 4.98 Å². The summed E-state index contributed by atoms with van der Waals surface area (Å²) in [6, 6.07) is 11.6. The average Bonchev–Trinajstić information content (AvgIpc) is 2.97. The normalized spacial score (nSPS) is 16.4. The van der Waals surface area contributed by atoms with Gasteiger partial charge in [0.25, 0.3) is 5.56 Å². The van der Waals surface area contributed by atoms with Crippen LogP contribution in [0.5, 0.6) is 0 Å². The molecule has 1 N–H and O–H groups in total. The van der Waals surface area contributed by atoms with Crippen molar-refractivity contribution in [2.45, 2.75) is 64.8 Å². The first-order chi connectivity index (χ1) is 19.1. The van der Waals surface area contributed by atoms with Crippen LogP contribution in [-0.2, 0) is 11.3 Å². The van der Waals surface area contributed by atoms with Gasteiger partial charge in [0, 0.05) is 71.4 Å². The van der Waals surface area contributed by atoms with Crippen LogP contribution in [0.1, 0.15) is 69.5 Å². The lowest BCUT2D eigenvalue weighted by Crippen LogP contribution is -2.49. The molecule has 4 rings (SSSR count). The number of para-hydroxylation sites is 1. The van der Waals surface area contributed by atoms with Gasteiger partial charge in [-0.2, -0.15) is 5.26 Å². The second-order valence-electron chi connectivity index (χ2n) is 10.7. The second kappa shape index (κ2) is 14.7. The molecule has 1 aromatic heterocycles. The number of aromatic nitrogens is 2. The number of anilines is 2. The van der Waals surface area contributed by atoms with Crippen LogP contribution in [0.3, 0.4) is 0 Å². The summed E-state index contributed by atoms with van der Waals surface area (Å²) in [6.07, 6.45) is 9.11. The summed E-state index contributed by atoms with van der Waals surface area (Å²) in [6.45, 7) is 8.83. The fourth-order valence-electron chi connectivity index (χ4n) is 5.50. The van der Waals surface area contributed by atoms with Gasteiger partial charge in [0.05, 0.1) is 16.9 Å². The maximum absolute atomic E-state index is 12.7. The summed E-state index contributed by atoms with van der Waals surface area (Å²) in [4.78, 5) is 41.4. The molecule has 2 saturated heterocycles. The van der Waals surface area contributed by atoms with E-state index in [2.05, 4.69) is 32.7 Å². The summed E-state index contributed by atoms with van der Waals surface area (Å²) >= 11 is 0. The highest BCUT2D eigenvalue weighted by Crippen LogP contribution is 2.21. The first-order valence-electron chi connectivity index (χ1n) is 14.7. The number of nitrogens with zero attached hydrogens (tertiary/aromatic N) is 6. The number of carbonyl (C=O) groups excluding carboxylic acids is 1. The molecule has 2 aliphatic rings. The van der Waals surface area contributed by atoms with Gasteiger partial charge < -0.3 is 14.7 Å². The van der Waals surface area contributed by atoms with Gasteiger partial charge in [-0.15, -0.1) is 0 Å². The molecule has 1 aromatic carbocycles. The number of benzene rings is 1. The Bertz CT molecular complexity index is 1160. The largest absolute Gasteiger partial charge is 0.368 e. The number of carbonyl (C=O) groups is 1. The van der Waals surface area contributed by atoms with Crippen molar-refractivity contribution in [1.29, 1.82) is 5.26 Å². The van der Waals surface area contributed by atoms with Crippen molar-refractivity contribution < 1.29 is 4.79 Å². The molecular weight excluding hydrogens is 490 g/mol. The Morgan fingerprint density at radius 3 is 2.31 bits per heavy atom. The molecule has 0 aliphatic carbocycles. The maximum Gasteiger partial charge on any atom is 0.252 e. The van der Waals surface area contributed by atoms with E-state index in [0.29, 0.717) is 50.7 Å². The number of nitriles is 1. The molecule has 0 atom stereocenters. The van der Waals surface area contributed by atoms with Gasteiger partial charge in [-0.3, -0.25) is 19.5 Å². The van der Waals surface area contributed by atoms with Crippen LogP contribution < -0.4 is 15.4 Å². The third kappa shape index (κ3) is 8.30. The third-order valence-corrected chi connectivity index (χ3v) is 7.83. The van der Waals surface area contributed by atoms with Crippen molar-refractivity contribution in [2.75, 3.05) is 62.2 Å². The summed E-state index contributed by atoms with van der Waals surface area (Å²) in [7, 11) is 0. The third-order valence-electron chi connectivity index (χ3n) is 7.83. The molecule has 2 fully saturated rings. The van der Waals surface area contributed by atoms with Crippen molar-refractivity contribution in [3.8, 4) is 6.07 Å². The van der Waals surface area contributed by atoms with Crippen LogP contribution in [-0.4, -0.2) is 78.0 Å². The van der Waals surface area contributed by atoms with Gasteiger partial charge in [-0.05, 0) is 18.6 Å². The predicted octanol–water partition coefficient (Wildman–Crippen LogP) is 3.75. The van der Waals surface area contributed by atoms with Crippen molar-refractivity contribution in [2.24, 2.45) is 0 Å². The molecule has 9 nitrogen and oxygen atoms in total. The lowest BCUT2D eigenvalue weighted by atomic mass is 10.1. The highest BCUT2D eigenvalue weighted by molar-refractivity contribution is 5.76. The number of hydrogen-bond acceptors (Lipinski definition) is 7. The SMILES string of the molecule is CCCCCCCCCC(=O)N1CCN(c2nc(CN3CCN(c4ccccc4C#N)CC3)cc(=O)[nH]2)CC1. The van der Waals surface area contributed by atoms with Crippen LogP contribution in [0, 0.1) is 11.3 Å². The van der Waals surface area contributed by atoms with Crippen LogP contribution in [0.25, 0.3) is 0 Å². The van der Waals surface area contributed by atoms with E-state index in [-0.39, 0.29) is 11.5 Å². The molecule has 0 saturated carbocycles. The number of H-pyrrole nitrogens is 1. The van der Waals surface area contributed by atoms with E-state index in [1.807, 2.05) is 29.2 Å². The minimum Gasteiger partial charge on any atom is -0.368 e. The Balaban J connectivity index is 1.23. The zero-order chi connectivity index (χ0) is 27.5. The van der Waals surface area contributed by atoms with E-state index in [1.165, 1.54) is 32.1 Å². The van der Waals surface area contributed by atoms with Crippen LogP contribution in [0.4, 0.5) is 11.6 Å². The minimum atomic E-state index is -0.144. The van der Waals surface area contributed by atoms with E-state index in [9.17, 15) is 14.9 Å². The lowest BCUT2D eigenvalue weighted by molar-refractivity contribution is -0.131. The first kappa shape index (κ1) is 28.6. The molecular formula is C30H43N7O2. The molecule has 2 aliphatic heterocycles. The molecule has 210 valence electrons. The van der Waals surface area contributed by atoms with E-state index in [0.717, 1.165) is 50.4 Å². The molecule has 3 heterocycles. The molecule has 9 heteroatoms. The van der Waals surface area contributed by atoms with Crippen molar-refractivity contribution in [3.05, 3.63) is 51.9 Å². The standard InChI is InChI=1S/C30H43N7O2/c1-2-3-4-5-6-7-8-13-29(39)36-18-20-37(21-19-36)30-32-26(22-28(38)33-30)24-34-14-16-35(17-15-34)27-12-10-9-11-25(27)23-31/h9-12,22H,2-8,13-21,24H2,1H3,(H,32,33,38). The molecule has 0 unspecified atom stereocenters. The van der Waals surface area contributed by atoms with Crippen LogP contribution >= 0.6 is 0 Å². The molecule has 2 aromatic rings. The Morgan fingerprint density at radius 1 is 0.923 bits per heavy atom. The fourth-order valence-corrected chi connectivity index (χ4v) is 5.50. The second-order valence-corrected chi connectivity index (χ2v) is 10.7. The monoisotopic (exact) mass is 533 g/mol. The summed E-state index contributed by atoms with van der Waals surface area (Å²) in [5.74, 6) is 0.841. The van der Waals surface area contributed by atoms with Crippen LogP contribution in [0.2, 0.25) is 0 Å². The number of unbranched alkanes of at least 4 members (excludes halogenated alkanes) is 6. The molecule has 0 spiro atoms. The average molecular weight is 534 g/mol. The predicted molar refractivity (Wildman–Crippen MR) is 155 cm³/mol. The van der Waals surface area contributed by atoms with E-state index < -0.39 is 0 Å². The minimum absolute atomic E-state index is 0.144. The van der Waals surface area contributed by atoms with Crippen molar-refractivity contribution in [1.82, 2.24) is 19.8 Å². The number of aromatic amines is 1. The van der Waals surface area contributed by atoms with Gasteiger partial charge in [0.2, 0.25) is 11.9 Å². The fraction of sp³-hybridized carbons (Fsp3) is 0.600.